The highest BCUT2D eigenvalue weighted by Crippen LogP contribution is 2.29. The maximum atomic E-state index is 9.48. The molecule has 1 saturated heterocycles. The van der Waals surface area contributed by atoms with Gasteiger partial charge in [0.25, 0.3) is 0 Å². The second-order valence-corrected chi connectivity index (χ2v) is 5.70. The second-order valence-electron chi connectivity index (χ2n) is 4.44. The van der Waals surface area contributed by atoms with Gasteiger partial charge in [0.15, 0.2) is 0 Å². The van der Waals surface area contributed by atoms with Crippen LogP contribution in [0.1, 0.15) is 18.4 Å². The van der Waals surface area contributed by atoms with Gasteiger partial charge in [-0.15, -0.1) is 0 Å². The average Bonchev–Trinajstić information content (AvgIpc) is 3.01. The fraction of sp³-hybridized carbons (Fsp3) is 0.333. The van der Waals surface area contributed by atoms with Gasteiger partial charge >= 0.3 is 0 Å². The van der Waals surface area contributed by atoms with Gasteiger partial charge in [-0.05, 0) is 40.5 Å². The third-order valence-corrected chi connectivity index (χ3v) is 4.24. The van der Waals surface area contributed by atoms with Crippen LogP contribution in [0.25, 0.3) is 11.4 Å². The number of rotatable bonds is 2. The summed E-state index contributed by atoms with van der Waals surface area (Å²) in [5.41, 5.74) is 0.824. The zero-order valence-electron chi connectivity index (χ0n) is 9.81. The first kappa shape index (κ1) is 13.1. The Labute approximate surface area is 123 Å². The summed E-state index contributed by atoms with van der Waals surface area (Å²) in [7, 11) is 0. The monoisotopic (exact) mass is 343 g/mol. The van der Waals surface area contributed by atoms with E-state index in [4.69, 9.17) is 16.1 Å². The summed E-state index contributed by atoms with van der Waals surface area (Å²) in [4.78, 5) is 4.35. The molecule has 5 nitrogen and oxygen atoms in total. The number of halogens is 2. The SMILES string of the molecule is O[C@H]1CN[C@@H](c2nc(-c3ccc(Cl)c(Br)c3)no2)C1. The molecule has 2 heterocycles. The Morgan fingerprint density at radius 1 is 1.47 bits per heavy atom. The van der Waals surface area contributed by atoms with Crippen LogP contribution in [0.2, 0.25) is 5.02 Å². The Bertz CT molecular complexity index is 604. The number of nitrogens with zero attached hydrogens (tertiary/aromatic N) is 2. The number of nitrogens with one attached hydrogen (secondary N) is 1. The molecular weight excluding hydrogens is 334 g/mol. The molecule has 100 valence electrons. The van der Waals surface area contributed by atoms with E-state index in [2.05, 4.69) is 31.4 Å². The number of hydrogen-bond donors (Lipinski definition) is 2. The summed E-state index contributed by atoms with van der Waals surface area (Å²) in [6.45, 7) is 0.550. The van der Waals surface area contributed by atoms with Gasteiger partial charge in [-0.3, -0.25) is 0 Å². The maximum absolute atomic E-state index is 9.48. The molecule has 0 aliphatic carbocycles. The number of β-amino-alcohol motifs (C(OH)–C–C–N with tert-alkyl or cyclic N) is 1. The molecule has 2 aromatic rings. The smallest absolute Gasteiger partial charge is 0.244 e. The van der Waals surface area contributed by atoms with Crippen LogP contribution in [0.4, 0.5) is 0 Å². The van der Waals surface area contributed by atoms with Gasteiger partial charge in [-0.25, -0.2) is 0 Å². The number of aliphatic hydroxyl groups is 1. The molecule has 19 heavy (non-hydrogen) atoms. The molecule has 0 saturated carbocycles. The minimum absolute atomic E-state index is 0.0769. The van der Waals surface area contributed by atoms with Crippen molar-refractivity contribution in [3.63, 3.8) is 0 Å². The van der Waals surface area contributed by atoms with Gasteiger partial charge in [0, 0.05) is 16.6 Å². The van der Waals surface area contributed by atoms with Crippen LogP contribution in [0.15, 0.2) is 27.2 Å². The van der Waals surface area contributed by atoms with Crippen LogP contribution < -0.4 is 5.32 Å². The molecule has 3 rings (SSSR count). The first-order valence-corrected chi connectivity index (χ1v) is 7.01. The van der Waals surface area contributed by atoms with E-state index in [1.807, 2.05) is 12.1 Å². The van der Waals surface area contributed by atoms with Crippen molar-refractivity contribution in [3.05, 3.63) is 33.6 Å². The van der Waals surface area contributed by atoms with E-state index in [1.54, 1.807) is 6.07 Å². The fourth-order valence-electron chi connectivity index (χ4n) is 2.03. The van der Waals surface area contributed by atoms with Crippen LogP contribution in [0, 0.1) is 0 Å². The minimum Gasteiger partial charge on any atom is -0.392 e. The van der Waals surface area contributed by atoms with Crippen molar-refractivity contribution in [1.82, 2.24) is 15.5 Å². The Morgan fingerprint density at radius 2 is 2.32 bits per heavy atom. The lowest BCUT2D eigenvalue weighted by Gasteiger charge is -2.01. The predicted octanol–water partition coefficient (Wildman–Crippen LogP) is 2.55. The maximum Gasteiger partial charge on any atom is 0.244 e. The molecule has 1 fully saturated rings. The van der Waals surface area contributed by atoms with Crippen molar-refractivity contribution in [2.45, 2.75) is 18.6 Å². The molecule has 0 amide bonds. The highest BCUT2D eigenvalue weighted by atomic mass is 79.9. The first-order chi connectivity index (χ1) is 9.13. The van der Waals surface area contributed by atoms with Gasteiger partial charge in [0.05, 0.1) is 17.2 Å². The molecule has 0 unspecified atom stereocenters. The largest absolute Gasteiger partial charge is 0.392 e. The van der Waals surface area contributed by atoms with E-state index in [9.17, 15) is 5.11 Å². The molecule has 0 spiro atoms. The molecule has 1 aliphatic heterocycles. The number of aromatic nitrogens is 2. The van der Waals surface area contributed by atoms with Crippen molar-refractivity contribution in [3.8, 4) is 11.4 Å². The zero-order valence-corrected chi connectivity index (χ0v) is 12.1. The van der Waals surface area contributed by atoms with Crippen LogP contribution in [0.5, 0.6) is 0 Å². The van der Waals surface area contributed by atoms with E-state index >= 15 is 0 Å². The van der Waals surface area contributed by atoms with Crippen molar-refractivity contribution in [2.75, 3.05) is 6.54 Å². The Balaban J connectivity index is 1.86. The lowest BCUT2D eigenvalue weighted by molar-refractivity contribution is 0.191. The summed E-state index contributed by atoms with van der Waals surface area (Å²) in [5, 5.41) is 17.2. The Kier molecular flexibility index (Phi) is 3.58. The Hall–Kier alpha value is -0.950. The van der Waals surface area contributed by atoms with Crippen LogP contribution in [-0.4, -0.2) is 27.9 Å². The van der Waals surface area contributed by atoms with Crippen molar-refractivity contribution in [1.29, 1.82) is 0 Å². The van der Waals surface area contributed by atoms with E-state index < -0.39 is 0 Å². The molecule has 1 aromatic heterocycles. The first-order valence-electron chi connectivity index (χ1n) is 5.84. The molecule has 0 bridgehead atoms. The Morgan fingerprint density at radius 3 is 3.00 bits per heavy atom. The third kappa shape index (κ3) is 2.67. The summed E-state index contributed by atoms with van der Waals surface area (Å²) in [6.07, 6.45) is 0.233. The number of aliphatic hydroxyl groups excluding tert-OH is 1. The van der Waals surface area contributed by atoms with Crippen LogP contribution >= 0.6 is 27.5 Å². The van der Waals surface area contributed by atoms with Gasteiger partial charge < -0.3 is 14.9 Å². The minimum atomic E-state index is -0.356. The van der Waals surface area contributed by atoms with Crippen molar-refractivity contribution < 1.29 is 9.63 Å². The molecule has 0 radical (unpaired) electrons. The summed E-state index contributed by atoms with van der Waals surface area (Å²) in [5.74, 6) is 1.01. The fourth-order valence-corrected chi connectivity index (χ4v) is 2.53. The normalized spacial score (nSPS) is 22.9. The van der Waals surface area contributed by atoms with Crippen molar-refractivity contribution >= 4 is 27.5 Å². The van der Waals surface area contributed by atoms with E-state index in [-0.39, 0.29) is 12.1 Å². The standard InChI is InChI=1S/C12H11BrClN3O2/c13-8-3-6(1-2-9(8)14)11-16-12(19-17-11)10-4-7(18)5-15-10/h1-3,7,10,15,18H,4-5H2/t7-,10-/m1/s1. The number of benzene rings is 1. The molecule has 1 aliphatic rings. The van der Waals surface area contributed by atoms with Crippen LogP contribution in [0.3, 0.4) is 0 Å². The highest BCUT2D eigenvalue weighted by molar-refractivity contribution is 9.10. The third-order valence-electron chi connectivity index (χ3n) is 3.03. The van der Waals surface area contributed by atoms with Gasteiger partial charge in [0.1, 0.15) is 0 Å². The van der Waals surface area contributed by atoms with Gasteiger partial charge in [0.2, 0.25) is 11.7 Å². The quantitative estimate of drug-likeness (QED) is 0.876. The van der Waals surface area contributed by atoms with Crippen LogP contribution in [-0.2, 0) is 0 Å². The van der Waals surface area contributed by atoms with E-state index in [1.165, 1.54) is 0 Å². The summed E-state index contributed by atoms with van der Waals surface area (Å²) >= 11 is 9.30. The molecule has 2 atom stereocenters. The molecule has 1 aromatic carbocycles. The molecule has 7 heteroatoms. The average molecular weight is 345 g/mol. The topological polar surface area (TPSA) is 71.2 Å². The van der Waals surface area contributed by atoms with Gasteiger partial charge in [-0.2, -0.15) is 4.98 Å². The van der Waals surface area contributed by atoms with E-state index in [0.717, 1.165) is 10.0 Å². The van der Waals surface area contributed by atoms with Crippen molar-refractivity contribution in [2.24, 2.45) is 0 Å². The number of hydrogen-bond acceptors (Lipinski definition) is 5. The zero-order chi connectivity index (χ0) is 13.4. The molecular formula is C12H11BrClN3O2. The summed E-state index contributed by atoms with van der Waals surface area (Å²) < 4.78 is 6.02. The predicted molar refractivity (Wildman–Crippen MR) is 73.8 cm³/mol. The highest BCUT2D eigenvalue weighted by Gasteiger charge is 2.28. The lowest BCUT2D eigenvalue weighted by atomic mass is 10.2. The van der Waals surface area contributed by atoms with E-state index in [0.29, 0.717) is 29.7 Å². The summed E-state index contributed by atoms with van der Waals surface area (Å²) in [6, 6.07) is 5.37. The second kappa shape index (κ2) is 5.20. The lowest BCUT2D eigenvalue weighted by Crippen LogP contribution is -2.15. The molecule has 2 N–H and O–H groups in total. The van der Waals surface area contributed by atoms with Gasteiger partial charge in [-0.1, -0.05) is 16.8 Å².